The van der Waals surface area contributed by atoms with Gasteiger partial charge in [0.1, 0.15) is 11.8 Å². The summed E-state index contributed by atoms with van der Waals surface area (Å²) in [6, 6.07) is 5.08. The van der Waals surface area contributed by atoms with Gasteiger partial charge in [-0.15, -0.1) is 0 Å². The lowest BCUT2D eigenvalue weighted by Crippen LogP contribution is -2.37. The summed E-state index contributed by atoms with van der Waals surface area (Å²) < 4.78 is 29.4. The molecule has 1 heterocycles. The van der Waals surface area contributed by atoms with E-state index in [0.29, 0.717) is 19.6 Å². The Hall–Kier alpha value is -1.73. The smallest absolute Gasteiger partial charge is 0.387 e. The Morgan fingerprint density at radius 3 is 2.76 bits per heavy atom. The summed E-state index contributed by atoms with van der Waals surface area (Å²) in [6.07, 6.45) is 0.807. The number of para-hydroxylation sites is 1. The Balaban J connectivity index is 2.31. The molecule has 1 atom stereocenters. The predicted molar refractivity (Wildman–Crippen MR) is 72.5 cm³/mol. The molecule has 1 aliphatic rings. The van der Waals surface area contributed by atoms with Crippen LogP contribution >= 0.6 is 0 Å². The quantitative estimate of drug-likeness (QED) is 0.867. The second-order valence-electron chi connectivity index (χ2n) is 4.80. The molecule has 116 valence electrons. The number of nitrogens with zero attached hydrogens (tertiary/aromatic N) is 1. The van der Waals surface area contributed by atoms with E-state index in [0.717, 1.165) is 13.0 Å². The molecule has 1 fully saturated rings. The van der Waals surface area contributed by atoms with Crippen molar-refractivity contribution in [3.05, 3.63) is 29.8 Å². The van der Waals surface area contributed by atoms with Crippen LogP contribution in [0.15, 0.2) is 24.3 Å². The molecule has 0 amide bonds. The fourth-order valence-electron chi connectivity index (χ4n) is 2.52. The number of halogens is 2. The number of carbonyl (C=O) groups is 1. The third-order valence-electron chi connectivity index (χ3n) is 3.40. The predicted octanol–water partition coefficient (Wildman–Crippen LogP) is 1.71. The van der Waals surface area contributed by atoms with E-state index < -0.39 is 18.6 Å². The van der Waals surface area contributed by atoms with Gasteiger partial charge in [-0.1, -0.05) is 18.2 Å². The zero-order valence-corrected chi connectivity index (χ0v) is 11.5. The van der Waals surface area contributed by atoms with Crippen LogP contribution in [0, 0.1) is 0 Å². The number of carboxylic acid groups (broad SMARTS) is 1. The van der Waals surface area contributed by atoms with Gasteiger partial charge in [-0.3, -0.25) is 9.69 Å². The minimum atomic E-state index is -2.98. The first-order chi connectivity index (χ1) is 10.1. The maximum absolute atomic E-state index is 12.5. The fourth-order valence-corrected chi connectivity index (χ4v) is 2.52. The number of hydrogen-bond acceptors (Lipinski definition) is 4. The van der Waals surface area contributed by atoms with Crippen molar-refractivity contribution in [3.8, 4) is 5.75 Å². The summed E-state index contributed by atoms with van der Waals surface area (Å²) in [4.78, 5) is 13.4. The number of aliphatic carboxylic acids is 1. The molecule has 2 rings (SSSR count). The average molecular weight is 300 g/mol. The molecule has 0 aromatic heterocycles. The van der Waals surface area contributed by atoms with Gasteiger partial charge in [0.15, 0.2) is 0 Å². The number of rotatable bonds is 5. The van der Waals surface area contributed by atoms with Crippen LogP contribution in [0.4, 0.5) is 8.78 Å². The molecule has 0 aliphatic carbocycles. The van der Waals surface area contributed by atoms with Crippen molar-refractivity contribution < 1.29 is 23.4 Å². The summed E-state index contributed by atoms with van der Waals surface area (Å²) in [5.74, 6) is -1.15. The highest BCUT2D eigenvalue weighted by Crippen LogP contribution is 2.31. The maximum Gasteiger partial charge on any atom is 0.387 e. The third-order valence-corrected chi connectivity index (χ3v) is 3.40. The lowest BCUT2D eigenvalue weighted by molar-refractivity contribution is -0.143. The molecule has 0 spiro atoms. The van der Waals surface area contributed by atoms with Crippen LogP contribution in [0.3, 0.4) is 0 Å². The summed E-state index contributed by atoms with van der Waals surface area (Å²) in [5, 5.41) is 12.7. The lowest BCUT2D eigenvalue weighted by atomic mass is 10.0. The summed E-state index contributed by atoms with van der Waals surface area (Å²) >= 11 is 0. The second kappa shape index (κ2) is 7.33. The van der Waals surface area contributed by atoms with E-state index in [4.69, 9.17) is 0 Å². The van der Waals surface area contributed by atoms with Crippen LogP contribution in [0.5, 0.6) is 5.75 Å². The van der Waals surface area contributed by atoms with E-state index in [9.17, 15) is 18.7 Å². The lowest BCUT2D eigenvalue weighted by Gasteiger charge is -2.28. The van der Waals surface area contributed by atoms with Gasteiger partial charge in [-0.05, 0) is 19.0 Å². The zero-order chi connectivity index (χ0) is 15.2. The largest absolute Gasteiger partial charge is 0.480 e. The highest BCUT2D eigenvalue weighted by Gasteiger charge is 2.30. The SMILES string of the molecule is O=C(O)C(c1ccccc1OC(F)F)N1CCCNCC1. The first kappa shape index (κ1) is 15.7. The highest BCUT2D eigenvalue weighted by atomic mass is 19.3. The summed E-state index contributed by atoms with van der Waals surface area (Å²) in [7, 11) is 0. The molecule has 1 saturated heterocycles. The van der Waals surface area contributed by atoms with E-state index >= 15 is 0 Å². The maximum atomic E-state index is 12.5. The first-order valence-corrected chi connectivity index (χ1v) is 6.81. The molecule has 1 aromatic rings. The van der Waals surface area contributed by atoms with Gasteiger partial charge in [0.2, 0.25) is 0 Å². The fraction of sp³-hybridized carbons (Fsp3) is 0.500. The van der Waals surface area contributed by atoms with Crippen molar-refractivity contribution in [2.24, 2.45) is 0 Å². The minimum absolute atomic E-state index is 0.0860. The van der Waals surface area contributed by atoms with E-state index in [1.807, 2.05) is 0 Å². The van der Waals surface area contributed by atoms with Gasteiger partial charge in [0, 0.05) is 25.2 Å². The number of ether oxygens (including phenoxy) is 1. The van der Waals surface area contributed by atoms with Gasteiger partial charge in [-0.2, -0.15) is 8.78 Å². The van der Waals surface area contributed by atoms with E-state index in [2.05, 4.69) is 10.1 Å². The molecule has 0 radical (unpaired) electrons. The molecule has 1 unspecified atom stereocenters. The van der Waals surface area contributed by atoms with E-state index in [1.165, 1.54) is 12.1 Å². The molecular weight excluding hydrogens is 282 g/mol. The minimum Gasteiger partial charge on any atom is -0.480 e. The van der Waals surface area contributed by atoms with Gasteiger partial charge < -0.3 is 15.2 Å². The Kier molecular flexibility index (Phi) is 5.46. The molecule has 0 saturated carbocycles. The standard InChI is InChI=1S/C14H18F2N2O3/c15-14(16)21-11-5-2-1-4-10(11)12(13(19)20)18-8-3-6-17-7-9-18/h1-2,4-5,12,14,17H,3,6-9H2,(H,19,20). The zero-order valence-electron chi connectivity index (χ0n) is 11.5. The molecule has 7 heteroatoms. The molecule has 2 N–H and O–H groups in total. The second-order valence-corrected chi connectivity index (χ2v) is 4.80. The monoisotopic (exact) mass is 300 g/mol. The summed E-state index contributed by atoms with van der Waals surface area (Å²) in [5.41, 5.74) is 0.257. The van der Waals surface area contributed by atoms with E-state index in [-0.39, 0.29) is 11.3 Å². The van der Waals surface area contributed by atoms with Crippen LogP contribution < -0.4 is 10.1 Å². The number of nitrogens with one attached hydrogen (secondary N) is 1. The molecule has 0 bridgehead atoms. The summed E-state index contributed by atoms with van der Waals surface area (Å²) in [6.45, 7) is -0.363. The van der Waals surface area contributed by atoms with Gasteiger partial charge >= 0.3 is 12.6 Å². The number of hydrogen-bond donors (Lipinski definition) is 2. The third kappa shape index (κ3) is 4.12. The van der Waals surface area contributed by atoms with Crippen molar-refractivity contribution in [1.82, 2.24) is 10.2 Å². The highest BCUT2D eigenvalue weighted by molar-refractivity contribution is 5.76. The van der Waals surface area contributed by atoms with E-state index in [1.54, 1.807) is 17.0 Å². The Morgan fingerprint density at radius 1 is 1.29 bits per heavy atom. The van der Waals surface area contributed by atoms with Crippen molar-refractivity contribution >= 4 is 5.97 Å². The molecule has 5 nitrogen and oxygen atoms in total. The number of benzene rings is 1. The number of alkyl halides is 2. The van der Waals surface area contributed by atoms with Crippen LogP contribution in [-0.2, 0) is 4.79 Å². The van der Waals surface area contributed by atoms with Gasteiger partial charge in [0.25, 0.3) is 0 Å². The van der Waals surface area contributed by atoms with Crippen molar-refractivity contribution in [2.75, 3.05) is 26.2 Å². The Bertz CT molecular complexity index is 477. The van der Waals surface area contributed by atoms with Gasteiger partial charge in [-0.25, -0.2) is 0 Å². The topological polar surface area (TPSA) is 61.8 Å². The van der Waals surface area contributed by atoms with Crippen LogP contribution in [0.2, 0.25) is 0 Å². The van der Waals surface area contributed by atoms with Crippen LogP contribution in [0.1, 0.15) is 18.0 Å². The van der Waals surface area contributed by atoms with Crippen LogP contribution in [-0.4, -0.2) is 48.8 Å². The Labute approximate surface area is 121 Å². The average Bonchev–Trinajstić information content (AvgIpc) is 2.69. The molecule has 21 heavy (non-hydrogen) atoms. The normalized spacial score (nSPS) is 18.2. The van der Waals surface area contributed by atoms with Gasteiger partial charge in [0.05, 0.1) is 0 Å². The molecule has 1 aromatic carbocycles. The number of carboxylic acids is 1. The Morgan fingerprint density at radius 2 is 2.05 bits per heavy atom. The van der Waals surface area contributed by atoms with Crippen molar-refractivity contribution in [2.45, 2.75) is 19.1 Å². The first-order valence-electron chi connectivity index (χ1n) is 6.81. The van der Waals surface area contributed by atoms with Crippen LogP contribution in [0.25, 0.3) is 0 Å². The molecular formula is C14H18F2N2O3. The van der Waals surface area contributed by atoms with Crippen molar-refractivity contribution in [1.29, 1.82) is 0 Å². The molecule has 1 aliphatic heterocycles. The van der Waals surface area contributed by atoms with Crippen molar-refractivity contribution in [3.63, 3.8) is 0 Å².